The fourth-order valence-electron chi connectivity index (χ4n) is 1.46. The van der Waals surface area contributed by atoms with Gasteiger partial charge in [-0.3, -0.25) is 4.79 Å². The number of hydrogen-bond donors (Lipinski definition) is 0. The molecule has 0 saturated carbocycles. The summed E-state index contributed by atoms with van der Waals surface area (Å²) in [6.07, 6.45) is 0.312. The lowest BCUT2D eigenvalue weighted by atomic mass is 10.1. The minimum absolute atomic E-state index is 0.263. The summed E-state index contributed by atoms with van der Waals surface area (Å²) in [5, 5.41) is 3.46. The van der Waals surface area contributed by atoms with Gasteiger partial charge in [-0.15, -0.1) is 0 Å². The molecule has 18 heavy (non-hydrogen) atoms. The van der Waals surface area contributed by atoms with Crippen molar-refractivity contribution in [2.24, 2.45) is 5.11 Å². The molecule has 1 atom stereocenters. The van der Waals surface area contributed by atoms with Crippen molar-refractivity contribution in [2.45, 2.75) is 19.4 Å². The van der Waals surface area contributed by atoms with E-state index < -0.39 is 12.0 Å². The summed E-state index contributed by atoms with van der Waals surface area (Å²) in [7, 11) is 1.58. The lowest BCUT2D eigenvalue weighted by molar-refractivity contribution is -0.144. The van der Waals surface area contributed by atoms with Crippen LogP contribution in [0.5, 0.6) is 5.75 Å². The average molecular weight is 249 g/mol. The average Bonchev–Trinajstić information content (AvgIpc) is 2.39. The fourth-order valence-corrected chi connectivity index (χ4v) is 1.46. The Morgan fingerprint density at radius 1 is 1.44 bits per heavy atom. The molecule has 6 nitrogen and oxygen atoms in total. The molecule has 0 heterocycles. The molecule has 0 fully saturated rings. The van der Waals surface area contributed by atoms with Gasteiger partial charge in [0.1, 0.15) is 11.8 Å². The van der Waals surface area contributed by atoms with Gasteiger partial charge < -0.3 is 9.47 Å². The minimum Gasteiger partial charge on any atom is -0.497 e. The normalized spacial score (nSPS) is 11.2. The van der Waals surface area contributed by atoms with Gasteiger partial charge in [0.2, 0.25) is 0 Å². The number of carbonyl (C=O) groups is 1. The van der Waals surface area contributed by atoms with E-state index in [1.165, 1.54) is 0 Å². The van der Waals surface area contributed by atoms with Crippen molar-refractivity contribution < 1.29 is 14.3 Å². The zero-order valence-corrected chi connectivity index (χ0v) is 10.4. The number of carbonyl (C=O) groups excluding carboxylic acids is 1. The zero-order valence-electron chi connectivity index (χ0n) is 10.4. The molecule has 0 radical (unpaired) electrons. The number of ether oxygens (including phenoxy) is 2. The maximum atomic E-state index is 11.5. The van der Waals surface area contributed by atoms with Crippen LogP contribution in [0.25, 0.3) is 10.4 Å². The highest BCUT2D eigenvalue weighted by Crippen LogP contribution is 2.14. The molecule has 0 N–H and O–H groups in total. The largest absolute Gasteiger partial charge is 0.497 e. The molecule has 1 aromatic carbocycles. The molecular formula is C12H15N3O3. The Morgan fingerprint density at radius 3 is 2.61 bits per heavy atom. The van der Waals surface area contributed by atoms with Crippen LogP contribution >= 0.6 is 0 Å². The third-order valence-electron chi connectivity index (χ3n) is 2.34. The van der Waals surface area contributed by atoms with Crippen molar-refractivity contribution >= 4 is 5.97 Å². The van der Waals surface area contributed by atoms with Gasteiger partial charge in [0.25, 0.3) is 0 Å². The summed E-state index contributed by atoms with van der Waals surface area (Å²) in [5.41, 5.74) is 9.32. The van der Waals surface area contributed by atoms with E-state index in [2.05, 4.69) is 10.0 Å². The molecule has 0 amide bonds. The van der Waals surface area contributed by atoms with Crippen molar-refractivity contribution in [1.82, 2.24) is 0 Å². The van der Waals surface area contributed by atoms with E-state index in [1.807, 2.05) is 12.1 Å². The van der Waals surface area contributed by atoms with Gasteiger partial charge >= 0.3 is 5.97 Å². The maximum absolute atomic E-state index is 11.5. The SMILES string of the molecule is CCOC(=O)C(Cc1ccc(OC)cc1)N=[N+]=[N-]. The standard InChI is InChI=1S/C12H15N3O3/c1-3-18-12(16)11(14-15-13)8-9-4-6-10(17-2)7-5-9/h4-7,11H,3,8H2,1-2H3. The molecule has 0 aromatic heterocycles. The van der Waals surface area contributed by atoms with Crippen LogP contribution in [-0.4, -0.2) is 25.7 Å². The third-order valence-corrected chi connectivity index (χ3v) is 2.34. The molecule has 1 rings (SSSR count). The molecule has 6 heteroatoms. The first-order chi connectivity index (χ1) is 8.71. The molecule has 1 unspecified atom stereocenters. The second kappa shape index (κ2) is 7.19. The van der Waals surface area contributed by atoms with E-state index in [0.29, 0.717) is 6.42 Å². The molecule has 0 aliphatic rings. The van der Waals surface area contributed by atoms with Crippen LogP contribution in [0, 0.1) is 0 Å². The van der Waals surface area contributed by atoms with E-state index in [1.54, 1.807) is 26.2 Å². The van der Waals surface area contributed by atoms with Crippen molar-refractivity contribution in [1.29, 1.82) is 0 Å². The first-order valence-corrected chi connectivity index (χ1v) is 5.55. The molecule has 96 valence electrons. The maximum Gasteiger partial charge on any atom is 0.315 e. The molecule has 0 aliphatic heterocycles. The Bertz CT molecular complexity index is 438. The summed E-state index contributed by atoms with van der Waals surface area (Å²) in [5.74, 6) is 0.223. The van der Waals surface area contributed by atoms with Gasteiger partial charge in [0, 0.05) is 4.91 Å². The molecule has 0 bridgehead atoms. The predicted molar refractivity (Wildman–Crippen MR) is 66.3 cm³/mol. The minimum atomic E-state index is -0.830. The molecular weight excluding hydrogens is 234 g/mol. The second-order valence-corrected chi connectivity index (χ2v) is 3.52. The van der Waals surface area contributed by atoms with Crippen LogP contribution < -0.4 is 4.74 Å². The van der Waals surface area contributed by atoms with Crippen LogP contribution in [0.1, 0.15) is 12.5 Å². The summed E-state index contributed by atoms with van der Waals surface area (Å²) in [6, 6.07) is 6.38. The molecule has 0 saturated heterocycles. The van der Waals surface area contributed by atoms with Crippen molar-refractivity contribution in [3.05, 3.63) is 40.3 Å². The van der Waals surface area contributed by atoms with Crippen molar-refractivity contribution in [2.75, 3.05) is 13.7 Å². The van der Waals surface area contributed by atoms with Gasteiger partial charge in [-0.05, 0) is 36.6 Å². The summed E-state index contributed by atoms with van der Waals surface area (Å²) in [4.78, 5) is 14.2. The van der Waals surface area contributed by atoms with Crippen LogP contribution in [0.3, 0.4) is 0 Å². The highest BCUT2D eigenvalue weighted by molar-refractivity contribution is 5.76. The first-order valence-electron chi connectivity index (χ1n) is 5.55. The van der Waals surface area contributed by atoms with Crippen molar-refractivity contribution in [3.8, 4) is 5.75 Å². The van der Waals surface area contributed by atoms with E-state index >= 15 is 0 Å². The number of rotatable bonds is 6. The first kappa shape index (κ1) is 13.9. The second-order valence-electron chi connectivity index (χ2n) is 3.52. The van der Waals surface area contributed by atoms with Crippen LogP contribution in [0.4, 0.5) is 0 Å². The number of benzene rings is 1. The van der Waals surface area contributed by atoms with Crippen LogP contribution in [0.2, 0.25) is 0 Å². The fraction of sp³-hybridized carbons (Fsp3) is 0.417. The number of hydrogen-bond acceptors (Lipinski definition) is 4. The number of esters is 1. The van der Waals surface area contributed by atoms with Gasteiger partial charge in [-0.1, -0.05) is 17.2 Å². The number of methoxy groups -OCH3 is 1. The topological polar surface area (TPSA) is 84.3 Å². The highest BCUT2D eigenvalue weighted by atomic mass is 16.5. The highest BCUT2D eigenvalue weighted by Gasteiger charge is 2.18. The van der Waals surface area contributed by atoms with Gasteiger partial charge in [-0.2, -0.15) is 0 Å². The van der Waals surface area contributed by atoms with E-state index in [0.717, 1.165) is 11.3 Å². The summed E-state index contributed by atoms with van der Waals surface area (Å²) in [6.45, 7) is 1.97. The lowest BCUT2D eigenvalue weighted by Gasteiger charge is -2.10. The monoisotopic (exact) mass is 249 g/mol. The van der Waals surface area contributed by atoms with Gasteiger partial charge in [0.15, 0.2) is 0 Å². The summed E-state index contributed by atoms with van der Waals surface area (Å²) < 4.78 is 9.88. The Hall–Kier alpha value is -2.20. The predicted octanol–water partition coefficient (Wildman–Crippen LogP) is 2.48. The van der Waals surface area contributed by atoms with E-state index in [9.17, 15) is 4.79 Å². The lowest BCUT2D eigenvalue weighted by Crippen LogP contribution is -2.23. The van der Waals surface area contributed by atoms with Crippen LogP contribution in [-0.2, 0) is 16.0 Å². The molecule has 0 aliphatic carbocycles. The zero-order chi connectivity index (χ0) is 13.4. The van der Waals surface area contributed by atoms with E-state index in [-0.39, 0.29) is 6.61 Å². The number of nitrogens with zero attached hydrogens (tertiary/aromatic N) is 3. The molecule has 0 spiro atoms. The Kier molecular flexibility index (Phi) is 5.54. The number of azide groups is 1. The molecule has 1 aromatic rings. The summed E-state index contributed by atoms with van der Waals surface area (Å²) >= 11 is 0. The van der Waals surface area contributed by atoms with Gasteiger partial charge in [0.05, 0.1) is 13.7 Å². The smallest absolute Gasteiger partial charge is 0.315 e. The van der Waals surface area contributed by atoms with Crippen LogP contribution in [0.15, 0.2) is 29.4 Å². The van der Waals surface area contributed by atoms with Gasteiger partial charge in [-0.25, -0.2) is 0 Å². The van der Waals surface area contributed by atoms with Crippen molar-refractivity contribution in [3.63, 3.8) is 0 Å². The quantitative estimate of drug-likeness (QED) is 0.336. The van der Waals surface area contributed by atoms with E-state index in [4.69, 9.17) is 15.0 Å². The Labute approximate surface area is 105 Å². The Balaban J connectivity index is 2.76. The third kappa shape index (κ3) is 3.99. The Morgan fingerprint density at radius 2 is 2.11 bits per heavy atom.